The molecule has 2 saturated heterocycles. The Labute approximate surface area is 143 Å². The van der Waals surface area contributed by atoms with E-state index < -0.39 is 0 Å². The van der Waals surface area contributed by atoms with Crippen LogP contribution < -0.4 is 0 Å². The zero-order chi connectivity index (χ0) is 16.1. The minimum absolute atomic E-state index is 0.201. The van der Waals surface area contributed by atoms with Gasteiger partial charge in [-0.1, -0.05) is 6.42 Å². The van der Waals surface area contributed by atoms with Gasteiger partial charge in [0.25, 0.3) is 0 Å². The molecule has 3 heterocycles. The number of thiophene rings is 1. The number of aliphatic hydroxyl groups excluding tert-OH is 1. The maximum absolute atomic E-state index is 12.5. The molecule has 1 aromatic heterocycles. The summed E-state index contributed by atoms with van der Waals surface area (Å²) < 4.78 is 0. The molecule has 3 rings (SSSR count). The van der Waals surface area contributed by atoms with E-state index in [0.717, 1.165) is 26.1 Å². The zero-order valence-electron chi connectivity index (χ0n) is 13.8. The molecule has 1 amide bonds. The van der Waals surface area contributed by atoms with Gasteiger partial charge < -0.3 is 14.9 Å². The van der Waals surface area contributed by atoms with Gasteiger partial charge in [0.1, 0.15) is 0 Å². The minimum Gasteiger partial charge on any atom is -0.396 e. The first-order chi connectivity index (χ1) is 11.3. The van der Waals surface area contributed by atoms with Crippen molar-refractivity contribution in [1.29, 1.82) is 0 Å². The Balaban J connectivity index is 1.49. The quantitative estimate of drug-likeness (QED) is 0.866. The number of amides is 1. The van der Waals surface area contributed by atoms with E-state index in [4.69, 9.17) is 0 Å². The van der Waals surface area contributed by atoms with Crippen LogP contribution in [-0.2, 0) is 11.2 Å². The number of aliphatic hydroxyl groups is 1. The van der Waals surface area contributed by atoms with Crippen LogP contribution >= 0.6 is 11.3 Å². The number of likely N-dealkylation sites (tertiary alicyclic amines) is 2. The molecule has 0 bridgehead atoms. The molecule has 0 unspecified atom stereocenters. The third-order valence-corrected chi connectivity index (χ3v) is 6.04. The minimum atomic E-state index is 0.201. The fraction of sp³-hybridized carbons (Fsp3) is 0.722. The number of piperidine rings is 1. The monoisotopic (exact) mass is 336 g/mol. The van der Waals surface area contributed by atoms with Crippen LogP contribution in [0.5, 0.6) is 0 Å². The summed E-state index contributed by atoms with van der Waals surface area (Å²) in [6, 6.07) is 2.09. The van der Waals surface area contributed by atoms with E-state index in [1.165, 1.54) is 37.9 Å². The van der Waals surface area contributed by atoms with Crippen molar-refractivity contribution < 1.29 is 9.90 Å². The lowest BCUT2D eigenvalue weighted by molar-refractivity contribution is -0.130. The molecule has 2 aliphatic rings. The van der Waals surface area contributed by atoms with Gasteiger partial charge in [-0.15, -0.1) is 0 Å². The van der Waals surface area contributed by atoms with Gasteiger partial charge in [-0.05, 0) is 60.7 Å². The molecule has 5 heteroatoms. The molecule has 2 aliphatic heterocycles. The van der Waals surface area contributed by atoms with E-state index in [1.807, 2.05) is 4.90 Å². The standard InChI is InChI=1S/C18H28N2O2S/c21-13-17-12-20(18(22)5-4-15-6-9-23-14-15)11-16(17)10-19-7-2-1-3-8-19/h6,9,14,16-17,21H,1-5,7-8,10-13H2/t16-,17-/m0/s1. The van der Waals surface area contributed by atoms with Gasteiger partial charge in [0.15, 0.2) is 0 Å². The summed E-state index contributed by atoms with van der Waals surface area (Å²) in [7, 11) is 0. The third kappa shape index (κ3) is 4.55. The van der Waals surface area contributed by atoms with Crippen molar-refractivity contribution >= 4 is 17.2 Å². The zero-order valence-corrected chi connectivity index (χ0v) is 14.6. The summed E-state index contributed by atoms with van der Waals surface area (Å²) in [5.41, 5.74) is 1.26. The lowest BCUT2D eigenvalue weighted by Crippen LogP contribution is -2.37. The Morgan fingerprint density at radius 3 is 2.70 bits per heavy atom. The lowest BCUT2D eigenvalue weighted by Gasteiger charge is -2.30. The maximum Gasteiger partial charge on any atom is 0.222 e. The van der Waals surface area contributed by atoms with E-state index in [2.05, 4.69) is 21.7 Å². The van der Waals surface area contributed by atoms with Crippen LogP contribution in [0.1, 0.15) is 31.2 Å². The predicted octanol–water partition coefficient (Wildman–Crippen LogP) is 2.23. The fourth-order valence-electron chi connectivity index (χ4n) is 3.87. The topological polar surface area (TPSA) is 43.8 Å². The Bertz CT molecular complexity index is 485. The summed E-state index contributed by atoms with van der Waals surface area (Å²) in [5, 5.41) is 13.9. The molecule has 2 atom stereocenters. The Hall–Kier alpha value is -0.910. The third-order valence-electron chi connectivity index (χ3n) is 5.31. The molecule has 1 aromatic rings. The van der Waals surface area contributed by atoms with Gasteiger partial charge >= 0.3 is 0 Å². The highest BCUT2D eigenvalue weighted by Gasteiger charge is 2.35. The van der Waals surface area contributed by atoms with E-state index in [1.54, 1.807) is 11.3 Å². The Morgan fingerprint density at radius 2 is 2.00 bits per heavy atom. The smallest absolute Gasteiger partial charge is 0.222 e. The van der Waals surface area contributed by atoms with Crippen molar-refractivity contribution in [3.63, 3.8) is 0 Å². The SMILES string of the molecule is O=C(CCc1ccsc1)N1C[C@@H](CO)[C@@H](CN2CCCCC2)C1. The predicted molar refractivity (Wildman–Crippen MR) is 93.6 cm³/mol. The van der Waals surface area contributed by atoms with Crippen molar-refractivity contribution in [3.8, 4) is 0 Å². The average Bonchev–Trinajstić information content (AvgIpc) is 3.23. The Morgan fingerprint density at radius 1 is 1.22 bits per heavy atom. The Kier molecular flexibility index (Phi) is 6.08. The van der Waals surface area contributed by atoms with E-state index in [0.29, 0.717) is 12.3 Å². The molecule has 0 saturated carbocycles. The molecule has 23 heavy (non-hydrogen) atoms. The van der Waals surface area contributed by atoms with E-state index in [9.17, 15) is 9.90 Å². The van der Waals surface area contributed by atoms with Gasteiger partial charge in [-0.2, -0.15) is 11.3 Å². The van der Waals surface area contributed by atoms with Crippen LogP contribution in [0.25, 0.3) is 0 Å². The normalized spacial score (nSPS) is 25.9. The number of rotatable bonds is 6. The first-order valence-corrected chi connectivity index (χ1v) is 9.82. The number of hydrogen-bond donors (Lipinski definition) is 1. The first-order valence-electron chi connectivity index (χ1n) is 8.88. The van der Waals surface area contributed by atoms with Crippen molar-refractivity contribution in [3.05, 3.63) is 22.4 Å². The largest absolute Gasteiger partial charge is 0.396 e. The van der Waals surface area contributed by atoms with Crippen molar-refractivity contribution in [2.45, 2.75) is 32.1 Å². The van der Waals surface area contributed by atoms with Gasteiger partial charge in [0.05, 0.1) is 0 Å². The maximum atomic E-state index is 12.5. The highest BCUT2D eigenvalue weighted by atomic mass is 32.1. The van der Waals surface area contributed by atoms with Gasteiger partial charge in [-0.3, -0.25) is 4.79 Å². The van der Waals surface area contributed by atoms with Crippen molar-refractivity contribution in [1.82, 2.24) is 9.80 Å². The summed E-state index contributed by atoms with van der Waals surface area (Å²) >= 11 is 1.68. The molecule has 1 N–H and O–H groups in total. The van der Waals surface area contributed by atoms with E-state index >= 15 is 0 Å². The number of nitrogens with zero attached hydrogens (tertiary/aromatic N) is 2. The van der Waals surface area contributed by atoms with Gasteiger partial charge in [-0.25, -0.2) is 0 Å². The molecule has 0 aliphatic carbocycles. The second-order valence-corrected chi connectivity index (χ2v) is 7.77. The average molecular weight is 337 g/mol. The molecular weight excluding hydrogens is 308 g/mol. The van der Waals surface area contributed by atoms with Gasteiger partial charge in [0.2, 0.25) is 5.91 Å². The van der Waals surface area contributed by atoms with Crippen molar-refractivity contribution in [2.24, 2.45) is 11.8 Å². The fourth-order valence-corrected chi connectivity index (χ4v) is 4.58. The molecule has 0 radical (unpaired) electrons. The number of aryl methyl sites for hydroxylation is 1. The highest BCUT2D eigenvalue weighted by Crippen LogP contribution is 2.26. The molecule has 0 spiro atoms. The van der Waals surface area contributed by atoms with Crippen LogP contribution in [-0.4, -0.2) is 60.1 Å². The summed E-state index contributed by atoms with van der Waals surface area (Å²) in [6.07, 6.45) is 5.35. The van der Waals surface area contributed by atoms with Crippen LogP contribution in [0.15, 0.2) is 16.8 Å². The molecule has 4 nitrogen and oxygen atoms in total. The number of hydrogen-bond acceptors (Lipinski definition) is 4. The van der Waals surface area contributed by atoms with Crippen LogP contribution in [0.3, 0.4) is 0 Å². The van der Waals surface area contributed by atoms with Gasteiger partial charge in [0, 0.05) is 38.6 Å². The number of carbonyl (C=O) groups excluding carboxylic acids is 1. The molecular formula is C18H28N2O2S. The van der Waals surface area contributed by atoms with Crippen molar-refractivity contribution in [2.75, 3.05) is 39.3 Å². The second-order valence-electron chi connectivity index (χ2n) is 6.99. The molecule has 2 fully saturated rings. The number of carbonyl (C=O) groups is 1. The van der Waals surface area contributed by atoms with Crippen LogP contribution in [0, 0.1) is 11.8 Å². The summed E-state index contributed by atoms with van der Waals surface area (Å²) in [6.45, 7) is 5.16. The molecule has 128 valence electrons. The van der Waals surface area contributed by atoms with E-state index in [-0.39, 0.29) is 18.4 Å². The summed E-state index contributed by atoms with van der Waals surface area (Å²) in [4.78, 5) is 17.0. The lowest BCUT2D eigenvalue weighted by atomic mass is 9.95. The molecule has 0 aromatic carbocycles. The summed E-state index contributed by atoms with van der Waals surface area (Å²) in [5.74, 6) is 0.931. The highest BCUT2D eigenvalue weighted by molar-refractivity contribution is 7.07. The van der Waals surface area contributed by atoms with Crippen LogP contribution in [0.4, 0.5) is 0 Å². The van der Waals surface area contributed by atoms with Crippen LogP contribution in [0.2, 0.25) is 0 Å². The second kappa shape index (κ2) is 8.27. The first kappa shape index (κ1) is 16.9.